The molecule has 3 aromatic heterocycles. The van der Waals surface area contributed by atoms with Crippen molar-refractivity contribution < 1.29 is 22.7 Å². The third kappa shape index (κ3) is 4.73. The van der Waals surface area contributed by atoms with E-state index < -0.39 is 21.7 Å². The number of likely N-dealkylation sites (N-methyl/N-ethyl adjacent to an activating group) is 1. The first-order chi connectivity index (χ1) is 19.1. The van der Waals surface area contributed by atoms with Crippen molar-refractivity contribution in [3.63, 3.8) is 0 Å². The van der Waals surface area contributed by atoms with Gasteiger partial charge in [0.15, 0.2) is 5.65 Å². The molecule has 2 aromatic carbocycles. The van der Waals surface area contributed by atoms with Crippen molar-refractivity contribution in [1.29, 1.82) is 0 Å². The van der Waals surface area contributed by atoms with Gasteiger partial charge in [-0.15, -0.1) is 0 Å². The molecule has 5 aromatic rings. The second kappa shape index (κ2) is 10.4. The molecule has 0 aliphatic carbocycles. The summed E-state index contributed by atoms with van der Waals surface area (Å²) in [5, 5.41) is 0.562. The standard InChI is InChI=1S/C30H26N4O5S/c1-19-9-11-22(12-10-19)40(37,38)34-18-25(23-7-5-6-8-27(23)39-4)24-15-21(17-32-29(24)34)20-13-14-31-26(16-20)28(35)30(36)33(2)3/h5-18H,1-4H3. The lowest BCUT2D eigenvalue weighted by molar-refractivity contribution is -0.124. The fourth-order valence-electron chi connectivity index (χ4n) is 4.37. The van der Waals surface area contributed by atoms with Crippen LogP contribution in [0.15, 0.2) is 90.2 Å². The first-order valence-corrected chi connectivity index (χ1v) is 13.7. The number of ether oxygens (including phenoxy) is 1. The molecule has 3 heterocycles. The van der Waals surface area contributed by atoms with Crippen LogP contribution in [-0.2, 0) is 14.8 Å². The van der Waals surface area contributed by atoms with E-state index >= 15 is 0 Å². The van der Waals surface area contributed by atoms with Gasteiger partial charge in [0, 0.05) is 54.8 Å². The first-order valence-electron chi connectivity index (χ1n) is 12.3. The second-order valence-corrected chi connectivity index (χ2v) is 11.2. The SMILES string of the molecule is COc1ccccc1-c1cn(S(=O)(=O)c2ccc(C)cc2)c2ncc(-c3ccnc(C(=O)C(=O)N(C)C)c3)cc12. The van der Waals surface area contributed by atoms with Crippen LogP contribution in [0.25, 0.3) is 33.3 Å². The van der Waals surface area contributed by atoms with Crippen molar-refractivity contribution in [2.75, 3.05) is 21.2 Å². The highest BCUT2D eigenvalue weighted by molar-refractivity contribution is 7.90. The number of ketones is 1. The quantitative estimate of drug-likeness (QED) is 0.214. The van der Waals surface area contributed by atoms with E-state index in [1.54, 1.807) is 49.7 Å². The highest BCUT2D eigenvalue weighted by Crippen LogP contribution is 2.38. The van der Waals surface area contributed by atoms with Gasteiger partial charge in [-0.25, -0.2) is 17.4 Å². The maximum absolute atomic E-state index is 13.8. The van der Waals surface area contributed by atoms with Gasteiger partial charge in [-0.3, -0.25) is 14.6 Å². The van der Waals surface area contributed by atoms with Gasteiger partial charge >= 0.3 is 0 Å². The molecule has 0 fully saturated rings. The van der Waals surface area contributed by atoms with Crippen molar-refractivity contribution >= 4 is 32.7 Å². The monoisotopic (exact) mass is 554 g/mol. The average molecular weight is 555 g/mol. The lowest BCUT2D eigenvalue weighted by Gasteiger charge is -2.10. The number of hydrogen-bond donors (Lipinski definition) is 0. The molecular weight excluding hydrogens is 528 g/mol. The number of pyridine rings is 2. The zero-order valence-electron chi connectivity index (χ0n) is 22.3. The van der Waals surface area contributed by atoms with Gasteiger partial charge in [0.05, 0.1) is 12.0 Å². The van der Waals surface area contributed by atoms with Crippen LogP contribution in [0.3, 0.4) is 0 Å². The number of amides is 1. The zero-order valence-corrected chi connectivity index (χ0v) is 23.1. The maximum Gasteiger partial charge on any atom is 0.296 e. The van der Waals surface area contributed by atoms with Gasteiger partial charge in [0.1, 0.15) is 11.4 Å². The summed E-state index contributed by atoms with van der Waals surface area (Å²) in [6.45, 7) is 1.89. The molecule has 0 radical (unpaired) electrons. The molecule has 0 atom stereocenters. The summed E-state index contributed by atoms with van der Waals surface area (Å²) in [6.07, 6.45) is 4.53. The van der Waals surface area contributed by atoms with Gasteiger partial charge in [0.2, 0.25) is 0 Å². The van der Waals surface area contributed by atoms with E-state index in [0.29, 0.717) is 33.4 Å². The maximum atomic E-state index is 13.8. The van der Waals surface area contributed by atoms with Gasteiger partial charge < -0.3 is 9.64 Å². The minimum Gasteiger partial charge on any atom is -0.496 e. The highest BCUT2D eigenvalue weighted by atomic mass is 32.2. The van der Waals surface area contributed by atoms with Crippen LogP contribution in [0.2, 0.25) is 0 Å². The fraction of sp³-hybridized carbons (Fsp3) is 0.133. The summed E-state index contributed by atoms with van der Waals surface area (Å²) >= 11 is 0. The summed E-state index contributed by atoms with van der Waals surface area (Å²) in [5.74, 6) is -0.848. The molecule has 1 amide bonds. The van der Waals surface area contributed by atoms with E-state index in [4.69, 9.17) is 4.74 Å². The minimum atomic E-state index is -3.99. The lowest BCUT2D eigenvalue weighted by atomic mass is 10.0. The Balaban J connectivity index is 1.72. The molecule has 5 rings (SSSR count). The molecule has 40 heavy (non-hydrogen) atoms. The minimum absolute atomic E-state index is 0.000711. The fourth-order valence-corrected chi connectivity index (χ4v) is 5.70. The summed E-state index contributed by atoms with van der Waals surface area (Å²) in [5.41, 5.74) is 3.68. The van der Waals surface area contributed by atoms with Gasteiger partial charge in [0.25, 0.3) is 21.7 Å². The molecule has 9 nitrogen and oxygen atoms in total. The van der Waals surface area contributed by atoms with Crippen LogP contribution in [0, 0.1) is 6.92 Å². The van der Waals surface area contributed by atoms with Crippen LogP contribution < -0.4 is 4.74 Å². The third-order valence-corrected chi connectivity index (χ3v) is 8.18. The number of carbonyl (C=O) groups excluding carboxylic acids is 2. The Morgan fingerprint density at radius 3 is 2.33 bits per heavy atom. The number of nitrogens with zero attached hydrogens (tertiary/aromatic N) is 4. The second-order valence-electron chi connectivity index (χ2n) is 9.41. The Labute approximate surface area is 231 Å². The zero-order chi connectivity index (χ0) is 28.6. The van der Waals surface area contributed by atoms with Crippen molar-refractivity contribution in [2.24, 2.45) is 0 Å². The molecule has 0 spiro atoms. The Bertz CT molecular complexity index is 1880. The number of fused-ring (bicyclic) bond motifs is 1. The van der Waals surface area contributed by atoms with Crippen molar-refractivity contribution in [2.45, 2.75) is 11.8 Å². The molecule has 0 aliphatic rings. The van der Waals surface area contributed by atoms with Crippen LogP contribution in [0.4, 0.5) is 0 Å². The van der Waals surface area contributed by atoms with Crippen molar-refractivity contribution in [1.82, 2.24) is 18.8 Å². The number of Topliss-reactive ketones (excluding diaryl/α,β-unsaturated/α-hetero) is 1. The van der Waals surface area contributed by atoms with E-state index in [1.165, 1.54) is 41.4 Å². The number of benzene rings is 2. The summed E-state index contributed by atoms with van der Waals surface area (Å²) < 4.78 is 34.3. The Hall–Kier alpha value is -4.83. The number of rotatable bonds is 7. The number of para-hydroxylation sites is 1. The summed E-state index contributed by atoms with van der Waals surface area (Å²) in [6, 6.07) is 19.0. The number of methoxy groups -OCH3 is 1. The number of carbonyl (C=O) groups is 2. The van der Waals surface area contributed by atoms with Crippen LogP contribution >= 0.6 is 0 Å². The summed E-state index contributed by atoms with van der Waals surface area (Å²) in [7, 11) is 0.559. The Morgan fingerprint density at radius 1 is 0.900 bits per heavy atom. The molecule has 0 saturated heterocycles. The topological polar surface area (TPSA) is 111 Å². The highest BCUT2D eigenvalue weighted by Gasteiger charge is 2.25. The molecule has 202 valence electrons. The summed E-state index contributed by atoms with van der Waals surface area (Å²) in [4.78, 5) is 34.8. The van der Waals surface area contributed by atoms with E-state index in [9.17, 15) is 18.0 Å². The van der Waals surface area contributed by atoms with E-state index in [1.807, 2.05) is 31.2 Å². The van der Waals surface area contributed by atoms with Gasteiger partial charge in [-0.2, -0.15) is 0 Å². The van der Waals surface area contributed by atoms with Crippen molar-refractivity contribution in [3.8, 4) is 28.0 Å². The molecule has 0 N–H and O–H groups in total. The van der Waals surface area contributed by atoms with Crippen LogP contribution in [-0.4, -0.2) is 60.2 Å². The first kappa shape index (κ1) is 26.8. The van der Waals surface area contributed by atoms with Crippen LogP contribution in [0.1, 0.15) is 16.1 Å². The molecular formula is C30H26N4O5S. The Morgan fingerprint density at radius 2 is 1.62 bits per heavy atom. The van der Waals surface area contributed by atoms with E-state index in [-0.39, 0.29) is 16.2 Å². The predicted molar refractivity (Wildman–Crippen MR) is 152 cm³/mol. The van der Waals surface area contributed by atoms with Crippen molar-refractivity contribution in [3.05, 3.63) is 96.6 Å². The average Bonchev–Trinajstić information content (AvgIpc) is 3.36. The largest absolute Gasteiger partial charge is 0.496 e. The molecule has 0 saturated carbocycles. The number of aryl methyl sites for hydroxylation is 1. The van der Waals surface area contributed by atoms with E-state index in [2.05, 4.69) is 9.97 Å². The molecule has 0 bridgehead atoms. The smallest absolute Gasteiger partial charge is 0.296 e. The van der Waals surface area contributed by atoms with Crippen LogP contribution in [0.5, 0.6) is 5.75 Å². The number of aromatic nitrogens is 3. The normalized spacial score (nSPS) is 11.4. The molecule has 10 heteroatoms. The van der Waals surface area contributed by atoms with E-state index in [0.717, 1.165) is 5.56 Å². The number of hydrogen-bond acceptors (Lipinski definition) is 7. The Kier molecular flexibility index (Phi) is 6.95. The predicted octanol–water partition coefficient (Wildman–Crippen LogP) is 4.59. The molecule has 0 unspecified atom stereocenters. The third-order valence-electron chi connectivity index (χ3n) is 6.51. The van der Waals surface area contributed by atoms with Gasteiger partial charge in [-0.05, 0) is 48.9 Å². The lowest BCUT2D eigenvalue weighted by Crippen LogP contribution is -2.30. The van der Waals surface area contributed by atoms with Gasteiger partial charge in [-0.1, -0.05) is 35.9 Å². The molecule has 0 aliphatic heterocycles.